The van der Waals surface area contributed by atoms with Crippen molar-refractivity contribution in [2.24, 2.45) is 5.92 Å². The van der Waals surface area contributed by atoms with Gasteiger partial charge in [0.15, 0.2) is 0 Å². The molecule has 1 saturated heterocycles. The van der Waals surface area contributed by atoms with Crippen LogP contribution in [0.25, 0.3) is 0 Å². The minimum Gasteiger partial charge on any atom is -0.273 e. The fourth-order valence-electron chi connectivity index (χ4n) is 1.10. The van der Waals surface area contributed by atoms with Crippen molar-refractivity contribution in [3.8, 4) is 0 Å². The van der Waals surface area contributed by atoms with Crippen LogP contribution in [0.15, 0.2) is 0 Å². The Kier molecular flexibility index (Phi) is 4.35. The van der Waals surface area contributed by atoms with Crippen molar-refractivity contribution in [2.75, 3.05) is 14.1 Å². The fourth-order valence-corrected chi connectivity index (χ4v) is 1.10. The van der Waals surface area contributed by atoms with E-state index in [4.69, 9.17) is 0 Å². The molecule has 2 radical (unpaired) electrons. The van der Waals surface area contributed by atoms with Crippen LogP contribution in [0, 0.1) is 5.92 Å². The molecule has 1 fully saturated rings. The minimum atomic E-state index is -0.738. The first-order valence-corrected chi connectivity index (χ1v) is 3.56. The smallest absolute Gasteiger partial charge is 0.273 e. The van der Waals surface area contributed by atoms with Crippen molar-refractivity contribution in [2.45, 2.75) is 6.92 Å². The summed E-state index contributed by atoms with van der Waals surface area (Å²) >= 11 is 0. The Balaban J connectivity index is 0.00000144. The molecule has 6 heteroatoms. The molecule has 0 aromatic carbocycles. The molecule has 0 atom stereocenters. The van der Waals surface area contributed by atoms with E-state index in [1.165, 1.54) is 21.0 Å². The molecule has 0 unspecified atom stereocenters. The molecule has 0 aliphatic carbocycles. The first-order chi connectivity index (χ1) is 5.46. The number of rotatable bonds is 0. The summed E-state index contributed by atoms with van der Waals surface area (Å²) in [7, 11) is 2.73. The fraction of sp³-hybridized carbons (Fsp3) is 0.571. The Morgan fingerprint density at radius 3 is 1.62 bits per heavy atom. The van der Waals surface area contributed by atoms with Crippen LogP contribution in [0.5, 0.6) is 0 Å². The average Bonchev–Trinajstić information content (AvgIpc) is 2.08. The van der Waals surface area contributed by atoms with E-state index in [0.717, 1.165) is 9.80 Å². The second-order valence-electron chi connectivity index (χ2n) is 2.80. The van der Waals surface area contributed by atoms with Gasteiger partial charge in [-0.2, -0.15) is 0 Å². The Hall–Kier alpha value is -0.130. The van der Waals surface area contributed by atoms with Gasteiger partial charge < -0.3 is 0 Å². The molecule has 1 heterocycles. The summed E-state index contributed by atoms with van der Waals surface area (Å²) in [6, 6.07) is -0.567. The summed E-state index contributed by atoms with van der Waals surface area (Å²) in [5.41, 5.74) is 0. The molecule has 0 saturated carbocycles. The predicted molar refractivity (Wildman–Crippen MR) is 45.9 cm³/mol. The Labute approximate surface area is 106 Å². The Bertz CT molecular complexity index is 206. The van der Waals surface area contributed by atoms with Crippen molar-refractivity contribution >= 4 is 55.6 Å². The van der Waals surface area contributed by atoms with E-state index in [-0.39, 0.29) is 37.7 Å². The monoisotopic (exact) mass is 210 g/mol. The Morgan fingerprint density at radius 1 is 1.00 bits per heavy atom. The van der Waals surface area contributed by atoms with Gasteiger partial charge in [0.2, 0.25) is 11.8 Å². The SMILES string of the molecule is CC1C(=O)N(C)C(=O)N(C)C1=O.[Ca]. The first-order valence-electron chi connectivity index (χ1n) is 3.56. The summed E-state index contributed by atoms with van der Waals surface area (Å²) in [4.78, 5) is 35.3. The molecule has 4 amide bonds. The van der Waals surface area contributed by atoms with Crippen molar-refractivity contribution in [1.82, 2.24) is 9.80 Å². The number of amides is 4. The molecule has 5 nitrogen and oxygen atoms in total. The molecule has 0 N–H and O–H groups in total. The van der Waals surface area contributed by atoms with E-state index in [2.05, 4.69) is 0 Å². The molecule has 13 heavy (non-hydrogen) atoms. The van der Waals surface area contributed by atoms with E-state index >= 15 is 0 Å². The number of hydrogen-bond acceptors (Lipinski definition) is 3. The summed E-state index contributed by atoms with van der Waals surface area (Å²) in [6.45, 7) is 1.49. The van der Waals surface area contributed by atoms with Crippen LogP contribution in [-0.2, 0) is 9.59 Å². The van der Waals surface area contributed by atoms with Crippen molar-refractivity contribution in [1.29, 1.82) is 0 Å². The van der Waals surface area contributed by atoms with Crippen molar-refractivity contribution in [3.05, 3.63) is 0 Å². The molecular formula is C7H10CaN2O3. The molecule has 1 aliphatic rings. The van der Waals surface area contributed by atoms with Gasteiger partial charge in [0.1, 0.15) is 5.92 Å². The first kappa shape index (κ1) is 12.9. The molecule has 0 bridgehead atoms. The number of carbonyl (C=O) groups is 3. The second-order valence-corrected chi connectivity index (χ2v) is 2.80. The van der Waals surface area contributed by atoms with Crippen LogP contribution < -0.4 is 0 Å². The number of carbonyl (C=O) groups excluding carboxylic acids is 3. The molecule has 0 spiro atoms. The van der Waals surface area contributed by atoms with E-state index < -0.39 is 23.8 Å². The van der Waals surface area contributed by atoms with Crippen LogP contribution in [0.1, 0.15) is 6.92 Å². The van der Waals surface area contributed by atoms with E-state index in [9.17, 15) is 14.4 Å². The molecule has 1 aliphatic heterocycles. The van der Waals surface area contributed by atoms with Crippen LogP contribution in [0.4, 0.5) is 4.79 Å². The third kappa shape index (κ3) is 2.03. The number of imide groups is 2. The minimum absolute atomic E-state index is 0. The number of urea groups is 1. The molecule has 68 valence electrons. The van der Waals surface area contributed by atoms with Crippen molar-refractivity contribution in [3.63, 3.8) is 0 Å². The number of hydrogen-bond donors (Lipinski definition) is 0. The van der Waals surface area contributed by atoms with Gasteiger partial charge in [-0.05, 0) is 6.92 Å². The van der Waals surface area contributed by atoms with Gasteiger partial charge in [-0.25, -0.2) is 4.79 Å². The maximum absolute atomic E-state index is 11.1. The average molecular weight is 210 g/mol. The van der Waals surface area contributed by atoms with Gasteiger partial charge in [0, 0.05) is 51.8 Å². The molecule has 0 aromatic rings. The summed E-state index contributed by atoms with van der Waals surface area (Å²) < 4.78 is 0. The standard InChI is InChI=1S/C7H10N2O3.Ca/c1-4-5(10)8(2)7(12)9(3)6(4)11;/h4H,1-3H3;. The molecule has 0 aromatic heterocycles. The van der Waals surface area contributed by atoms with Gasteiger partial charge in [0.25, 0.3) is 0 Å². The largest absolute Gasteiger partial charge is 0.332 e. The van der Waals surface area contributed by atoms with E-state index in [0.29, 0.717) is 0 Å². The van der Waals surface area contributed by atoms with Crippen molar-refractivity contribution < 1.29 is 14.4 Å². The quantitative estimate of drug-likeness (QED) is 0.392. The predicted octanol–water partition coefficient (Wildman–Crippen LogP) is -0.708. The zero-order chi connectivity index (χ0) is 9.46. The molecule has 1 rings (SSSR count). The normalized spacial score (nSPS) is 19.2. The van der Waals surface area contributed by atoms with E-state index in [1.807, 2.05) is 0 Å². The van der Waals surface area contributed by atoms with Crippen LogP contribution in [0.3, 0.4) is 0 Å². The zero-order valence-electron chi connectivity index (χ0n) is 7.90. The topological polar surface area (TPSA) is 57.7 Å². The van der Waals surface area contributed by atoms with Gasteiger partial charge in [-0.1, -0.05) is 0 Å². The third-order valence-corrected chi connectivity index (χ3v) is 1.98. The maximum atomic E-state index is 11.1. The number of nitrogens with zero attached hydrogens (tertiary/aromatic N) is 2. The second kappa shape index (κ2) is 4.39. The van der Waals surface area contributed by atoms with Gasteiger partial charge in [-0.15, -0.1) is 0 Å². The molecular weight excluding hydrogens is 200 g/mol. The summed E-state index contributed by atoms with van der Waals surface area (Å²) in [5, 5.41) is 0. The van der Waals surface area contributed by atoms with Crippen LogP contribution >= 0.6 is 0 Å². The third-order valence-electron chi connectivity index (χ3n) is 1.98. The number of barbiturate groups is 1. The zero-order valence-corrected chi connectivity index (χ0v) is 10.1. The van der Waals surface area contributed by atoms with Crippen LogP contribution in [-0.4, -0.2) is 79.5 Å². The maximum Gasteiger partial charge on any atom is 0.332 e. The van der Waals surface area contributed by atoms with Gasteiger partial charge in [-0.3, -0.25) is 19.4 Å². The summed E-state index contributed by atoms with van der Waals surface area (Å²) in [5.74, 6) is -1.62. The summed E-state index contributed by atoms with van der Waals surface area (Å²) in [6.07, 6.45) is 0. The Morgan fingerprint density at radius 2 is 1.31 bits per heavy atom. The van der Waals surface area contributed by atoms with Gasteiger partial charge >= 0.3 is 6.03 Å². The van der Waals surface area contributed by atoms with Crippen LogP contribution in [0.2, 0.25) is 0 Å². The van der Waals surface area contributed by atoms with E-state index in [1.54, 1.807) is 0 Å². The van der Waals surface area contributed by atoms with Gasteiger partial charge in [0.05, 0.1) is 0 Å².